The fourth-order valence-electron chi connectivity index (χ4n) is 8.11. The normalized spacial score (nSPS) is 19.0. The maximum absolute atomic E-state index is 5.40. The molecule has 5 heterocycles. The van der Waals surface area contributed by atoms with Crippen LogP contribution < -0.4 is 0 Å². The van der Waals surface area contributed by atoms with E-state index in [2.05, 4.69) is 82.9 Å². The van der Waals surface area contributed by atoms with Crippen LogP contribution >= 0.6 is 11.3 Å². The zero-order valence-electron chi connectivity index (χ0n) is 27.5. The zero-order chi connectivity index (χ0) is 30.5. The Labute approximate surface area is 267 Å². The molecule has 3 nitrogen and oxygen atoms in total. The van der Waals surface area contributed by atoms with Gasteiger partial charge in [-0.1, -0.05) is 52.7 Å². The van der Waals surface area contributed by atoms with Crippen molar-refractivity contribution in [2.24, 2.45) is 11.8 Å². The average molecular weight is 602 g/mol. The second-order valence-corrected chi connectivity index (χ2v) is 14.3. The van der Waals surface area contributed by atoms with Crippen LogP contribution in [0.15, 0.2) is 36.4 Å². The molecule has 228 valence electrons. The first-order chi connectivity index (χ1) is 21.4. The van der Waals surface area contributed by atoms with Crippen molar-refractivity contribution in [1.82, 2.24) is 15.0 Å². The Morgan fingerprint density at radius 2 is 1.30 bits per heavy atom. The summed E-state index contributed by atoms with van der Waals surface area (Å²) in [5, 5.41) is 0. The molecule has 0 radical (unpaired) electrons. The van der Waals surface area contributed by atoms with E-state index in [-0.39, 0.29) is 0 Å². The van der Waals surface area contributed by atoms with Crippen molar-refractivity contribution in [2.75, 3.05) is 0 Å². The van der Waals surface area contributed by atoms with Gasteiger partial charge in [0.15, 0.2) is 0 Å². The molecule has 2 unspecified atom stereocenters. The summed E-state index contributed by atoms with van der Waals surface area (Å²) in [7, 11) is 0. The van der Waals surface area contributed by atoms with Crippen molar-refractivity contribution in [3.05, 3.63) is 81.4 Å². The number of rotatable bonds is 8. The number of aromatic amines is 1. The number of aromatic nitrogens is 3. The fourth-order valence-corrected chi connectivity index (χ4v) is 9.39. The molecule has 5 aliphatic rings. The fraction of sp³-hybridized carbons (Fsp3) is 0.450. The van der Waals surface area contributed by atoms with Gasteiger partial charge in [0, 0.05) is 32.3 Å². The van der Waals surface area contributed by atoms with Gasteiger partial charge < -0.3 is 4.98 Å². The highest BCUT2D eigenvalue weighted by atomic mass is 32.1. The summed E-state index contributed by atoms with van der Waals surface area (Å²) in [5.74, 6) is 0.914. The van der Waals surface area contributed by atoms with Crippen molar-refractivity contribution in [2.45, 2.75) is 106 Å². The molecular weight excluding hydrogens is 555 g/mol. The van der Waals surface area contributed by atoms with Crippen LogP contribution in [0.1, 0.15) is 125 Å². The standard InChI is InChI=1S/C40H47N3S/c1-7-11-13-29-30(14-12-8-2)38-22-34-28(10-4)24(6)32(42-34)20-36-40-26-17-15-25(16-18-26)39(40)35(43-36)19-31-23(5)27(9-3)33(41-31)21-37(29)44-38/h15,17,19-22,25-26,41H,7-14,16,18H2,1-6H3. The Kier molecular flexibility index (Phi) is 7.99. The number of unbranched alkanes of at least 4 members (excludes halogenated alkanes) is 2. The monoisotopic (exact) mass is 601 g/mol. The van der Waals surface area contributed by atoms with Gasteiger partial charge in [-0.05, 0) is 134 Å². The third-order valence-electron chi connectivity index (χ3n) is 10.6. The minimum Gasteiger partial charge on any atom is -0.355 e. The number of aryl methyl sites for hydroxylation is 4. The van der Waals surface area contributed by atoms with Crippen molar-refractivity contribution in [1.29, 1.82) is 0 Å². The van der Waals surface area contributed by atoms with Crippen molar-refractivity contribution in [3.8, 4) is 0 Å². The first kappa shape index (κ1) is 29.5. The number of fused-ring (bicyclic) bond motifs is 9. The van der Waals surface area contributed by atoms with Crippen LogP contribution in [-0.4, -0.2) is 15.0 Å². The predicted molar refractivity (Wildman–Crippen MR) is 191 cm³/mol. The van der Waals surface area contributed by atoms with Crippen LogP contribution in [0.25, 0.3) is 42.7 Å². The predicted octanol–water partition coefficient (Wildman–Crippen LogP) is 11.5. The Bertz CT molecular complexity index is 1890. The van der Waals surface area contributed by atoms with Gasteiger partial charge in [-0.2, -0.15) is 0 Å². The van der Waals surface area contributed by atoms with E-state index in [1.54, 1.807) is 11.1 Å². The minimum atomic E-state index is 0.455. The summed E-state index contributed by atoms with van der Waals surface area (Å²) >= 11 is 1.98. The summed E-state index contributed by atoms with van der Waals surface area (Å²) in [6.45, 7) is 13.8. The highest BCUT2D eigenvalue weighted by Crippen LogP contribution is 2.51. The van der Waals surface area contributed by atoms with E-state index in [9.17, 15) is 0 Å². The number of allylic oxidation sites excluding steroid dienone is 6. The summed E-state index contributed by atoms with van der Waals surface area (Å²) in [6, 6.07) is 9.58. The molecule has 3 aliphatic carbocycles. The van der Waals surface area contributed by atoms with E-state index < -0.39 is 0 Å². The lowest BCUT2D eigenvalue weighted by molar-refractivity contribution is 0.558. The molecule has 3 aromatic rings. The Hall–Kier alpha value is -3.24. The molecule has 0 amide bonds. The van der Waals surface area contributed by atoms with Crippen molar-refractivity contribution >= 4 is 54.1 Å². The van der Waals surface area contributed by atoms with E-state index in [0.717, 1.165) is 48.5 Å². The van der Waals surface area contributed by atoms with E-state index in [0.29, 0.717) is 11.8 Å². The van der Waals surface area contributed by atoms with Gasteiger partial charge in [0.1, 0.15) is 0 Å². The first-order valence-electron chi connectivity index (χ1n) is 17.2. The van der Waals surface area contributed by atoms with Crippen LogP contribution in [0.2, 0.25) is 0 Å². The Balaban J connectivity index is 1.61. The maximum atomic E-state index is 5.40. The van der Waals surface area contributed by atoms with E-state index in [1.165, 1.54) is 92.4 Å². The Morgan fingerprint density at radius 1 is 0.682 bits per heavy atom. The molecule has 8 rings (SSSR count). The molecular formula is C40H47N3S. The number of hydrogen-bond acceptors (Lipinski definition) is 3. The molecule has 2 atom stereocenters. The third-order valence-corrected chi connectivity index (χ3v) is 11.7. The molecule has 0 saturated heterocycles. The van der Waals surface area contributed by atoms with E-state index in [4.69, 9.17) is 9.97 Å². The lowest BCUT2D eigenvalue weighted by Gasteiger charge is -2.32. The van der Waals surface area contributed by atoms with Crippen LogP contribution in [0.3, 0.4) is 0 Å². The highest BCUT2D eigenvalue weighted by molar-refractivity contribution is 7.24. The number of hydrogen-bond donors (Lipinski definition) is 1. The number of H-pyrrole nitrogens is 1. The van der Waals surface area contributed by atoms with Gasteiger partial charge >= 0.3 is 0 Å². The van der Waals surface area contributed by atoms with Gasteiger partial charge in [0.05, 0.1) is 22.8 Å². The van der Waals surface area contributed by atoms with Gasteiger partial charge in [-0.15, -0.1) is 11.3 Å². The second kappa shape index (κ2) is 11.9. The lowest BCUT2D eigenvalue weighted by atomic mass is 9.70. The number of nitrogens with one attached hydrogen (secondary N) is 1. The molecule has 4 heteroatoms. The topological polar surface area (TPSA) is 41.6 Å². The minimum absolute atomic E-state index is 0.455. The summed E-state index contributed by atoms with van der Waals surface area (Å²) in [5.41, 5.74) is 18.5. The largest absolute Gasteiger partial charge is 0.355 e. The molecule has 10 bridgehead atoms. The first-order valence-corrected chi connectivity index (χ1v) is 18.1. The van der Waals surface area contributed by atoms with Gasteiger partial charge in [-0.3, -0.25) is 0 Å². The number of thiophene rings is 1. The van der Waals surface area contributed by atoms with Gasteiger partial charge in [-0.25, -0.2) is 9.97 Å². The van der Waals surface area contributed by atoms with Crippen LogP contribution in [0.5, 0.6) is 0 Å². The Morgan fingerprint density at radius 3 is 1.89 bits per heavy atom. The smallest absolute Gasteiger partial charge is 0.0700 e. The van der Waals surface area contributed by atoms with E-state index in [1.807, 2.05) is 11.3 Å². The third kappa shape index (κ3) is 4.85. The zero-order valence-corrected chi connectivity index (χ0v) is 28.3. The molecule has 3 aromatic heterocycles. The summed E-state index contributed by atoms with van der Waals surface area (Å²) in [4.78, 5) is 14.7. The molecule has 0 fully saturated rings. The van der Waals surface area contributed by atoms with E-state index >= 15 is 0 Å². The van der Waals surface area contributed by atoms with Crippen LogP contribution in [0.4, 0.5) is 0 Å². The molecule has 2 aliphatic heterocycles. The SMILES string of the molecule is CCCCc1c(CCCC)c2cc3[nH]c(cc4nc(cc5nc(cc1s2)C(CC)=C5C)C1=C4C2C=CC1CC2)c(C)c3CC. The summed E-state index contributed by atoms with van der Waals surface area (Å²) < 4.78 is 2.83. The van der Waals surface area contributed by atoms with Crippen LogP contribution in [-0.2, 0) is 19.3 Å². The number of nitrogens with zero attached hydrogens (tertiary/aromatic N) is 2. The second-order valence-electron chi connectivity index (χ2n) is 13.2. The molecule has 0 saturated carbocycles. The van der Waals surface area contributed by atoms with Gasteiger partial charge in [0.2, 0.25) is 0 Å². The molecule has 1 N–H and O–H groups in total. The molecule has 0 aromatic carbocycles. The summed E-state index contributed by atoms with van der Waals surface area (Å²) in [6.07, 6.45) is 16.4. The van der Waals surface area contributed by atoms with Crippen molar-refractivity contribution in [3.63, 3.8) is 0 Å². The maximum Gasteiger partial charge on any atom is 0.0700 e. The molecule has 44 heavy (non-hydrogen) atoms. The van der Waals surface area contributed by atoms with Crippen molar-refractivity contribution < 1.29 is 0 Å². The highest BCUT2D eigenvalue weighted by Gasteiger charge is 2.37. The average Bonchev–Trinajstić information content (AvgIpc) is 3.74. The quantitative estimate of drug-likeness (QED) is 0.261. The van der Waals surface area contributed by atoms with Crippen LogP contribution in [0, 0.1) is 18.8 Å². The molecule has 0 spiro atoms. The van der Waals surface area contributed by atoms with Gasteiger partial charge in [0.25, 0.3) is 0 Å². The lowest BCUT2D eigenvalue weighted by Crippen LogP contribution is -2.18.